The van der Waals surface area contributed by atoms with Crippen LogP contribution in [0.25, 0.3) is 5.57 Å². The van der Waals surface area contributed by atoms with Crippen LogP contribution in [-0.2, 0) is 9.31 Å². The summed E-state index contributed by atoms with van der Waals surface area (Å²) in [5, 5.41) is 8.78. The van der Waals surface area contributed by atoms with Crippen molar-refractivity contribution in [2.75, 3.05) is 6.61 Å². The Hall–Kier alpha value is -1.61. The van der Waals surface area contributed by atoms with Gasteiger partial charge in [-0.3, -0.25) is 0 Å². The number of unbranched alkanes of at least 4 members (excludes halogenated alkanes) is 1. The molecular formula is C20H26BFO3. The average molecular weight is 344 g/mol. The Balaban J connectivity index is 2.23. The topological polar surface area (TPSA) is 38.7 Å². The van der Waals surface area contributed by atoms with E-state index in [4.69, 9.17) is 14.4 Å². The molecule has 25 heavy (non-hydrogen) atoms. The molecule has 0 saturated carbocycles. The predicted octanol–water partition coefficient (Wildman–Crippen LogP) is 4.14. The van der Waals surface area contributed by atoms with Gasteiger partial charge in [-0.15, -0.1) is 0 Å². The van der Waals surface area contributed by atoms with Crippen molar-refractivity contribution in [3.8, 4) is 11.8 Å². The van der Waals surface area contributed by atoms with Crippen LogP contribution in [0.15, 0.2) is 30.0 Å². The van der Waals surface area contributed by atoms with Crippen molar-refractivity contribution < 1.29 is 18.8 Å². The number of allylic oxidation sites excluding steroid dienone is 1. The van der Waals surface area contributed by atoms with Gasteiger partial charge in [-0.2, -0.15) is 0 Å². The molecule has 0 amide bonds. The fraction of sp³-hybridized carbons (Fsp3) is 0.500. The molecule has 1 fully saturated rings. The Morgan fingerprint density at radius 2 is 1.84 bits per heavy atom. The van der Waals surface area contributed by atoms with Gasteiger partial charge in [0, 0.05) is 18.6 Å². The van der Waals surface area contributed by atoms with E-state index in [1.807, 2.05) is 52.0 Å². The van der Waals surface area contributed by atoms with Crippen LogP contribution in [-0.4, -0.2) is 30.0 Å². The SMILES string of the molecule is CC(=C(F)B1OC(C)(C)C(C)(C)O1)c1cccc(C#CCCCO)c1. The standard InChI is InChI=1S/C20H26BFO3/c1-15(18(22)21-24-19(2,3)20(4,5)25-21)17-12-9-11-16(14-17)10-7-6-8-13-23/h9,11-12,14,23H,6,8,13H2,1-5H3. The zero-order chi connectivity index (χ0) is 18.7. The number of benzene rings is 1. The van der Waals surface area contributed by atoms with Gasteiger partial charge in [0.05, 0.1) is 11.2 Å². The fourth-order valence-corrected chi connectivity index (χ4v) is 2.42. The van der Waals surface area contributed by atoms with E-state index in [1.54, 1.807) is 6.92 Å². The number of aliphatic hydroxyl groups excluding tert-OH is 1. The van der Waals surface area contributed by atoms with E-state index in [0.29, 0.717) is 18.4 Å². The highest BCUT2D eigenvalue weighted by atomic mass is 19.1. The van der Waals surface area contributed by atoms with Crippen LogP contribution in [0.4, 0.5) is 4.39 Å². The normalized spacial score (nSPS) is 19.2. The number of hydrogen-bond donors (Lipinski definition) is 1. The maximum absolute atomic E-state index is 14.9. The van der Waals surface area contributed by atoms with Gasteiger partial charge in [0.1, 0.15) is 5.73 Å². The van der Waals surface area contributed by atoms with E-state index < -0.39 is 24.0 Å². The number of hydrogen-bond acceptors (Lipinski definition) is 3. The summed E-state index contributed by atoms with van der Waals surface area (Å²) >= 11 is 0. The molecule has 0 aromatic heterocycles. The summed E-state index contributed by atoms with van der Waals surface area (Å²) in [5.41, 5.74) is 0.490. The minimum Gasteiger partial charge on any atom is -0.398 e. The molecular weight excluding hydrogens is 318 g/mol. The second-order valence-corrected chi connectivity index (χ2v) is 7.27. The third-order valence-corrected chi connectivity index (χ3v) is 4.81. The smallest absolute Gasteiger partial charge is 0.398 e. The largest absolute Gasteiger partial charge is 0.525 e. The van der Waals surface area contributed by atoms with Gasteiger partial charge in [0.2, 0.25) is 0 Å². The summed E-state index contributed by atoms with van der Waals surface area (Å²) in [7, 11) is -0.996. The molecule has 2 rings (SSSR count). The molecule has 1 heterocycles. The average Bonchev–Trinajstić information content (AvgIpc) is 2.78. The zero-order valence-corrected chi connectivity index (χ0v) is 15.6. The van der Waals surface area contributed by atoms with Crippen molar-refractivity contribution in [1.29, 1.82) is 0 Å². The summed E-state index contributed by atoms with van der Waals surface area (Å²) in [4.78, 5) is 0. The van der Waals surface area contributed by atoms with Crippen LogP contribution in [0.5, 0.6) is 0 Å². The van der Waals surface area contributed by atoms with E-state index in [-0.39, 0.29) is 6.61 Å². The number of halogens is 1. The predicted molar refractivity (Wildman–Crippen MR) is 99.4 cm³/mol. The maximum Gasteiger partial charge on any atom is 0.525 e. The van der Waals surface area contributed by atoms with Gasteiger partial charge >= 0.3 is 7.12 Å². The Labute approximate surface area is 150 Å². The summed E-state index contributed by atoms with van der Waals surface area (Å²) in [6, 6.07) is 7.44. The molecule has 1 aromatic rings. The first-order valence-corrected chi connectivity index (χ1v) is 8.60. The minimum absolute atomic E-state index is 0.135. The van der Waals surface area contributed by atoms with Gasteiger partial charge in [-0.1, -0.05) is 24.0 Å². The lowest BCUT2D eigenvalue weighted by atomic mass is 9.83. The molecule has 0 atom stereocenters. The molecule has 134 valence electrons. The first-order chi connectivity index (χ1) is 11.7. The van der Waals surface area contributed by atoms with Crippen molar-refractivity contribution in [2.45, 2.75) is 58.7 Å². The first-order valence-electron chi connectivity index (χ1n) is 8.60. The van der Waals surface area contributed by atoms with E-state index in [1.165, 1.54) is 0 Å². The summed E-state index contributed by atoms with van der Waals surface area (Å²) in [6.07, 6.45) is 1.29. The summed E-state index contributed by atoms with van der Waals surface area (Å²) in [6.45, 7) is 9.46. The van der Waals surface area contributed by atoms with Crippen molar-refractivity contribution in [3.63, 3.8) is 0 Å². The molecule has 1 N–H and O–H groups in total. The fourth-order valence-electron chi connectivity index (χ4n) is 2.42. The lowest BCUT2D eigenvalue weighted by Gasteiger charge is -2.32. The van der Waals surface area contributed by atoms with Crippen LogP contribution in [0.3, 0.4) is 0 Å². The van der Waals surface area contributed by atoms with E-state index in [9.17, 15) is 4.39 Å². The van der Waals surface area contributed by atoms with Gasteiger partial charge in [-0.25, -0.2) is 4.39 Å². The van der Waals surface area contributed by atoms with E-state index in [0.717, 1.165) is 11.1 Å². The van der Waals surface area contributed by atoms with Crippen molar-refractivity contribution in [3.05, 3.63) is 41.1 Å². The van der Waals surface area contributed by atoms with Gasteiger partial charge in [-0.05, 0) is 64.3 Å². The van der Waals surface area contributed by atoms with Crippen LogP contribution in [0.1, 0.15) is 58.6 Å². The highest BCUT2D eigenvalue weighted by molar-refractivity contribution is 6.55. The second-order valence-electron chi connectivity index (χ2n) is 7.27. The summed E-state index contributed by atoms with van der Waals surface area (Å²) in [5.74, 6) is 6.05. The quantitative estimate of drug-likeness (QED) is 0.507. The molecule has 5 heteroatoms. The lowest BCUT2D eigenvalue weighted by molar-refractivity contribution is 0.00578. The Morgan fingerprint density at radius 3 is 2.44 bits per heavy atom. The molecule has 3 nitrogen and oxygen atoms in total. The third-order valence-electron chi connectivity index (χ3n) is 4.81. The highest BCUT2D eigenvalue weighted by Gasteiger charge is 2.53. The molecule has 1 saturated heterocycles. The molecule has 0 spiro atoms. The molecule has 0 radical (unpaired) electrons. The minimum atomic E-state index is -0.996. The molecule has 1 aliphatic heterocycles. The molecule has 1 aromatic carbocycles. The maximum atomic E-state index is 14.9. The molecule has 0 unspecified atom stereocenters. The number of aliphatic hydroxyl groups is 1. The van der Waals surface area contributed by atoms with Crippen molar-refractivity contribution in [1.82, 2.24) is 0 Å². The molecule has 0 aliphatic carbocycles. The zero-order valence-electron chi connectivity index (χ0n) is 15.6. The van der Waals surface area contributed by atoms with Crippen LogP contribution in [0, 0.1) is 11.8 Å². The second kappa shape index (κ2) is 7.74. The van der Waals surface area contributed by atoms with Crippen LogP contribution < -0.4 is 0 Å². The number of rotatable bonds is 4. The molecule has 1 aliphatic rings. The van der Waals surface area contributed by atoms with Crippen LogP contribution in [0.2, 0.25) is 0 Å². The Morgan fingerprint density at radius 1 is 1.20 bits per heavy atom. The van der Waals surface area contributed by atoms with Crippen molar-refractivity contribution in [2.24, 2.45) is 0 Å². The van der Waals surface area contributed by atoms with E-state index >= 15 is 0 Å². The Kier molecular flexibility index (Phi) is 6.10. The Bertz CT molecular complexity index is 697. The lowest BCUT2D eigenvalue weighted by Crippen LogP contribution is -2.41. The van der Waals surface area contributed by atoms with Crippen molar-refractivity contribution >= 4 is 12.7 Å². The van der Waals surface area contributed by atoms with Gasteiger partial charge in [0.25, 0.3) is 0 Å². The van der Waals surface area contributed by atoms with Gasteiger partial charge < -0.3 is 14.4 Å². The monoisotopic (exact) mass is 344 g/mol. The first kappa shape index (κ1) is 19.7. The van der Waals surface area contributed by atoms with Crippen LogP contribution >= 0.6 is 0 Å². The summed E-state index contributed by atoms with van der Waals surface area (Å²) < 4.78 is 26.5. The third kappa shape index (κ3) is 4.52. The molecule has 0 bridgehead atoms. The van der Waals surface area contributed by atoms with Gasteiger partial charge in [0.15, 0.2) is 0 Å². The highest BCUT2D eigenvalue weighted by Crippen LogP contribution is 2.40. The van der Waals surface area contributed by atoms with E-state index in [2.05, 4.69) is 11.8 Å².